The molecule has 0 radical (unpaired) electrons. The summed E-state index contributed by atoms with van der Waals surface area (Å²) in [5.41, 5.74) is 3.70. The number of hydrogen-bond acceptors (Lipinski definition) is 9. The first-order valence-corrected chi connectivity index (χ1v) is 11.1. The summed E-state index contributed by atoms with van der Waals surface area (Å²) in [4.78, 5) is 22.7. The monoisotopic (exact) mass is 486 g/mol. The first kappa shape index (κ1) is 23.0. The number of ether oxygens (including phenoxy) is 3. The third-order valence-corrected chi connectivity index (χ3v) is 6.09. The van der Waals surface area contributed by atoms with Gasteiger partial charge in [0.2, 0.25) is 0 Å². The molecule has 182 valence electrons. The summed E-state index contributed by atoms with van der Waals surface area (Å²) in [6, 6.07) is 13.5. The second kappa shape index (κ2) is 9.46. The van der Waals surface area contributed by atoms with Gasteiger partial charge in [-0.2, -0.15) is 10.2 Å². The van der Waals surface area contributed by atoms with Gasteiger partial charge in [-0.1, -0.05) is 6.07 Å². The third kappa shape index (κ3) is 4.22. The van der Waals surface area contributed by atoms with Crippen molar-refractivity contribution in [1.29, 1.82) is 5.26 Å². The molecule has 0 fully saturated rings. The van der Waals surface area contributed by atoms with Crippen molar-refractivity contribution in [3.63, 3.8) is 0 Å². The summed E-state index contributed by atoms with van der Waals surface area (Å²) in [6.45, 7) is 0.413. The highest BCUT2D eigenvalue weighted by molar-refractivity contribution is 5.81. The van der Waals surface area contributed by atoms with Crippen molar-refractivity contribution in [2.45, 2.75) is 25.6 Å². The molecule has 0 saturated carbocycles. The van der Waals surface area contributed by atoms with Gasteiger partial charge in [-0.3, -0.25) is 4.98 Å². The molecule has 0 spiro atoms. The summed E-state index contributed by atoms with van der Waals surface area (Å²) < 4.78 is 22.7. The number of nitrogens with zero attached hydrogens (tertiary/aromatic N) is 4. The van der Waals surface area contributed by atoms with E-state index in [1.807, 2.05) is 6.07 Å². The Morgan fingerprint density at radius 1 is 1.22 bits per heavy atom. The van der Waals surface area contributed by atoms with Crippen LogP contribution in [0.25, 0.3) is 11.1 Å². The fourth-order valence-corrected chi connectivity index (χ4v) is 4.22. The number of nitriles is 1. The molecule has 3 heterocycles. The molecule has 1 atom stereocenters. The fourth-order valence-electron chi connectivity index (χ4n) is 4.22. The Bertz CT molecular complexity index is 1470. The normalized spacial score (nSPS) is 14.7. The zero-order valence-electron chi connectivity index (χ0n) is 19.6. The van der Waals surface area contributed by atoms with Crippen molar-refractivity contribution in [1.82, 2.24) is 9.97 Å². The summed E-state index contributed by atoms with van der Waals surface area (Å²) in [7, 11) is 3.11. The number of anilines is 1. The molecule has 1 unspecified atom stereocenters. The molecule has 0 aliphatic carbocycles. The molecule has 4 aromatic rings. The third-order valence-electron chi connectivity index (χ3n) is 6.09. The number of carbonyl (C=O) groups is 1. The first-order valence-electron chi connectivity index (χ1n) is 11.1. The van der Waals surface area contributed by atoms with E-state index >= 15 is 0 Å². The van der Waals surface area contributed by atoms with E-state index in [4.69, 9.17) is 23.9 Å². The minimum absolute atomic E-state index is 0.148. The highest BCUT2D eigenvalue weighted by Crippen LogP contribution is 2.40. The quantitative estimate of drug-likeness (QED) is 0.412. The van der Waals surface area contributed by atoms with Crippen LogP contribution in [0.15, 0.2) is 53.1 Å². The number of methoxy groups -OCH3 is 2. The molecule has 1 N–H and O–H groups in total. The topological polar surface area (TPSA) is 131 Å². The second-order valence-electron chi connectivity index (χ2n) is 8.19. The Labute approximate surface area is 206 Å². The maximum atomic E-state index is 12.3. The molecule has 0 amide bonds. The largest absolute Gasteiger partial charge is 0.495 e. The Morgan fingerprint density at radius 3 is 2.78 bits per heavy atom. The van der Waals surface area contributed by atoms with Crippen molar-refractivity contribution >= 4 is 23.1 Å². The minimum atomic E-state index is -1.02. The van der Waals surface area contributed by atoms with Crippen molar-refractivity contribution in [2.24, 2.45) is 0 Å². The van der Waals surface area contributed by atoms with Gasteiger partial charge >= 0.3 is 5.97 Å². The first-order chi connectivity index (χ1) is 17.5. The molecule has 2 aromatic carbocycles. The van der Waals surface area contributed by atoms with E-state index in [0.717, 1.165) is 11.1 Å². The van der Waals surface area contributed by atoms with Crippen molar-refractivity contribution in [2.75, 3.05) is 19.1 Å². The van der Waals surface area contributed by atoms with Crippen LogP contribution in [-0.2, 0) is 24.4 Å². The van der Waals surface area contributed by atoms with E-state index < -0.39 is 12.0 Å². The van der Waals surface area contributed by atoms with E-state index in [2.05, 4.69) is 16.0 Å². The van der Waals surface area contributed by atoms with Crippen LogP contribution in [0, 0.1) is 11.3 Å². The molecule has 10 nitrogen and oxygen atoms in total. The van der Waals surface area contributed by atoms with Crippen LogP contribution >= 0.6 is 0 Å². The van der Waals surface area contributed by atoms with E-state index in [-0.39, 0.29) is 25.6 Å². The van der Waals surface area contributed by atoms with Crippen LogP contribution < -0.4 is 19.1 Å². The van der Waals surface area contributed by atoms with Gasteiger partial charge in [-0.25, -0.2) is 4.79 Å². The van der Waals surface area contributed by atoms with Crippen LogP contribution in [0.1, 0.15) is 22.4 Å². The predicted octanol–water partition coefficient (Wildman–Crippen LogP) is 3.71. The molecule has 1 aliphatic rings. The number of aromatic nitrogens is 2. The van der Waals surface area contributed by atoms with E-state index in [0.29, 0.717) is 39.6 Å². The SMILES string of the molecule is COc1ccc(COc2c(OC)ccc3c2CC(C(=O)O)N(c2nc4ccc(C#N)cc4o2)C3)nc1. The van der Waals surface area contributed by atoms with Gasteiger partial charge in [0, 0.05) is 24.6 Å². The minimum Gasteiger partial charge on any atom is -0.495 e. The summed E-state index contributed by atoms with van der Waals surface area (Å²) in [5.74, 6) is 0.604. The van der Waals surface area contributed by atoms with Crippen molar-refractivity contribution in [3.05, 3.63) is 71.0 Å². The second-order valence-corrected chi connectivity index (χ2v) is 8.19. The highest BCUT2D eigenvalue weighted by atomic mass is 16.5. The molecular formula is C26H22N4O6. The van der Waals surface area contributed by atoms with Crippen LogP contribution in [0.2, 0.25) is 0 Å². The Morgan fingerprint density at radius 2 is 2.08 bits per heavy atom. The van der Waals surface area contributed by atoms with Gasteiger partial charge in [0.1, 0.15) is 23.9 Å². The number of aliphatic carboxylic acids is 1. The molecule has 0 bridgehead atoms. The predicted molar refractivity (Wildman–Crippen MR) is 128 cm³/mol. The molecular weight excluding hydrogens is 464 g/mol. The average molecular weight is 486 g/mol. The number of pyridine rings is 1. The fraction of sp³-hybridized carbons (Fsp3) is 0.231. The summed E-state index contributed by atoms with van der Waals surface area (Å²) >= 11 is 0. The van der Waals surface area contributed by atoms with Gasteiger partial charge in [0.25, 0.3) is 6.01 Å². The lowest BCUT2D eigenvalue weighted by atomic mass is 9.93. The van der Waals surface area contributed by atoms with E-state index in [9.17, 15) is 9.90 Å². The Balaban J connectivity index is 1.48. The average Bonchev–Trinajstić information content (AvgIpc) is 3.34. The highest BCUT2D eigenvalue weighted by Gasteiger charge is 2.36. The van der Waals surface area contributed by atoms with Gasteiger partial charge in [0.15, 0.2) is 17.1 Å². The van der Waals surface area contributed by atoms with Gasteiger partial charge in [-0.15, -0.1) is 0 Å². The maximum absolute atomic E-state index is 12.3. The molecule has 1 aliphatic heterocycles. The lowest BCUT2D eigenvalue weighted by molar-refractivity contribution is -0.138. The Kier molecular flexibility index (Phi) is 6.04. The zero-order chi connectivity index (χ0) is 25.2. The molecule has 10 heteroatoms. The van der Waals surface area contributed by atoms with Crippen LogP contribution in [0.4, 0.5) is 6.01 Å². The molecule has 2 aromatic heterocycles. The number of rotatable bonds is 7. The number of carboxylic acids is 1. The zero-order valence-corrected chi connectivity index (χ0v) is 19.6. The number of fused-ring (bicyclic) bond motifs is 2. The van der Waals surface area contributed by atoms with Crippen molar-refractivity contribution in [3.8, 4) is 23.3 Å². The lowest BCUT2D eigenvalue weighted by Gasteiger charge is -2.34. The number of oxazole rings is 1. The number of carboxylic acid groups (broad SMARTS) is 1. The van der Waals surface area contributed by atoms with Gasteiger partial charge in [0.05, 0.1) is 37.7 Å². The standard InChI is InChI=1S/C26H22N4O6/c1-33-18-6-5-17(28-12-18)14-35-24-19-10-21(25(31)32)30(13-16(19)4-8-22(24)34-2)26-29-20-7-3-15(11-27)9-23(20)36-26/h3-9,12,21H,10,13-14H2,1-2H3,(H,31,32). The van der Waals surface area contributed by atoms with Crippen LogP contribution in [0.3, 0.4) is 0 Å². The van der Waals surface area contributed by atoms with Crippen LogP contribution in [0.5, 0.6) is 17.2 Å². The van der Waals surface area contributed by atoms with Crippen molar-refractivity contribution < 1.29 is 28.5 Å². The van der Waals surface area contributed by atoms with E-state index in [1.54, 1.807) is 54.6 Å². The smallest absolute Gasteiger partial charge is 0.326 e. The maximum Gasteiger partial charge on any atom is 0.326 e. The summed E-state index contributed by atoms with van der Waals surface area (Å²) in [5, 5.41) is 19.2. The number of benzene rings is 2. The lowest BCUT2D eigenvalue weighted by Crippen LogP contribution is -2.46. The number of hydrogen-bond donors (Lipinski definition) is 1. The van der Waals surface area contributed by atoms with E-state index in [1.165, 1.54) is 7.11 Å². The molecule has 36 heavy (non-hydrogen) atoms. The molecule has 5 rings (SSSR count). The summed E-state index contributed by atoms with van der Waals surface area (Å²) in [6.07, 6.45) is 1.75. The van der Waals surface area contributed by atoms with Gasteiger partial charge in [-0.05, 0) is 35.9 Å². The van der Waals surface area contributed by atoms with Crippen LogP contribution in [-0.4, -0.2) is 41.3 Å². The molecule has 0 saturated heterocycles. The Hall–Kier alpha value is -4.78. The van der Waals surface area contributed by atoms with Gasteiger partial charge < -0.3 is 28.6 Å².